The van der Waals surface area contributed by atoms with E-state index >= 15 is 0 Å². The summed E-state index contributed by atoms with van der Waals surface area (Å²) in [6.07, 6.45) is 0.934. The highest BCUT2D eigenvalue weighted by Crippen LogP contribution is 2.25. The number of hydrogen-bond acceptors (Lipinski definition) is 6. The molecule has 1 unspecified atom stereocenters. The number of aromatic nitrogens is 1. The van der Waals surface area contributed by atoms with Gasteiger partial charge in [-0.3, -0.25) is 0 Å². The predicted octanol–water partition coefficient (Wildman–Crippen LogP) is 1.07. The molecule has 0 aliphatic carbocycles. The summed E-state index contributed by atoms with van der Waals surface area (Å²) in [6, 6.07) is 3.50. The number of nitrogens with zero attached hydrogens (tertiary/aromatic N) is 2. The van der Waals surface area contributed by atoms with Crippen molar-refractivity contribution < 1.29 is 14.3 Å². The first-order valence-corrected chi connectivity index (χ1v) is 6.36. The summed E-state index contributed by atoms with van der Waals surface area (Å²) in [4.78, 5) is 18.0. The van der Waals surface area contributed by atoms with Crippen molar-refractivity contribution in [3.05, 3.63) is 17.8 Å². The minimum atomic E-state index is -0.456. The zero-order valence-electron chi connectivity index (χ0n) is 11.3. The molecule has 0 radical (unpaired) electrons. The van der Waals surface area contributed by atoms with Crippen molar-refractivity contribution in [3.8, 4) is 0 Å². The van der Waals surface area contributed by atoms with Crippen molar-refractivity contribution in [3.63, 3.8) is 0 Å². The number of nitrogens with two attached hydrogens (primary N) is 1. The zero-order chi connectivity index (χ0) is 13.8. The molecule has 0 saturated carbocycles. The second-order valence-electron chi connectivity index (χ2n) is 4.43. The number of nitrogen functional groups attached to an aromatic ring is 1. The number of anilines is 2. The average Bonchev–Trinajstić information content (AvgIpc) is 2.47. The van der Waals surface area contributed by atoms with Gasteiger partial charge in [-0.2, -0.15) is 0 Å². The molecule has 2 heterocycles. The van der Waals surface area contributed by atoms with Gasteiger partial charge in [-0.1, -0.05) is 6.92 Å². The molecule has 2 N–H and O–H groups in total. The van der Waals surface area contributed by atoms with Crippen LogP contribution in [0.1, 0.15) is 23.8 Å². The second-order valence-corrected chi connectivity index (χ2v) is 4.43. The number of esters is 1. The molecule has 0 spiro atoms. The minimum Gasteiger partial charge on any atom is -0.464 e. The van der Waals surface area contributed by atoms with Crippen molar-refractivity contribution in [1.29, 1.82) is 0 Å². The largest absolute Gasteiger partial charge is 0.464 e. The van der Waals surface area contributed by atoms with E-state index in [-0.39, 0.29) is 11.7 Å². The van der Waals surface area contributed by atoms with Gasteiger partial charge in [0, 0.05) is 6.54 Å². The van der Waals surface area contributed by atoms with Gasteiger partial charge in [-0.25, -0.2) is 9.78 Å². The first-order valence-electron chi connectivity index (χ1n) is 6.36. The fourth-order valence-corrected chi connectivity index (χ4v) is 2.18. The maximum absolute atomic E-state index is 11.5. The molecular formula is C13H19N3O3. The summed E-state index contributed by atoms with van der Waals surface area (Å²) >= 11 is 0. The molecular weight excluding hydrogens is 246 g/mol. The summed E-state index contributed by atoms with van der Waals surface area (Å²) in [6.45, 7) is 4.10. The molecule has 1 aliphatic heterocycles. The Balaban J connectivity index is 2.34. The van der Waals surface area contributed by atoms with Crippen molar-refractivity contribution in [2.75, 3.05) is 37.5 Å². The molecule has 104 valence electrons. The van der Waals surface area contributed by atoms with Gasteiger partial charge in [0.15, 0.2) is 11.5 Å². The summed E-state index contributed by atoms with van der Waals surface area (Å²) in [5.74, 6) is 0.181. The van der Waals surface area contributed by atoms with Gasteiger partial charge in [0.05, 0.1) is 32.1 Å². The third-order valence-electron chi connectivity index (χ3n) is 3.27. The van der Waals surface area contributed by atoms with Crippen LogP contribution < -0.4 is 10.6 Å². The Morgan fingerprint density at radius 1 is 1.63 bits per heavy atom. The van der Waals surface area contributed by atoms with Crippen LogP contribution >= 0.6 is 0 Å². The van der Waals surface area contributed by atoms with Gasteiger partial charge in [0.1, 0.15) is 0 Å². The van der Waals surface area contributed by atoms with E-state index in [1.165, 1.54) is 7.11 Å². The number of morpholine rings is 1. The Hall–Kier alpha value is -1.82. The van der Waals surface area contributed by atoms with E-state index in [2.05, 4.69) is 21.5 Å². The van der Waals surface area contributed by atoms with Crippen LogP contribution in [0.4, 0.5) is 11.5 Å². The van der Waals surface area contributed by atoms with E-state index in [1.54, 1.807) is 12.1 Å². The van der Waals surface area contributed by atoms with Gasteiger partial charge < -0.3 is 20.1 Å². The molecule has 0 amide bonds. The number of rotatable bonds is 3. The average molecular weight is 265 g/mol. The predicted molar refractivity (Wildman–Crippen MR) is 72.2 cm³/mol. The van der Waals surface area contributed by atoms with Crippen LogP contribution in [-0.2, 0) is 9.47 Å². The van der Waals surface area contributed by atoms with E-state index in [1.807, 2.05) is 0 Å². The molecule has 1 saturated heterocycles. The Bertz CT molecular complexity index is 464. The Morgan fingerprint density at radius 3 is 3.11 bits per heavy atom. The number of ether oxygens (including phenoxy) is 2. The van der Waals surface area contributed by atoms with Crippen molar-refractivity contribution in [1.82, 2.24) is 4.98 Å². The van der Waals surface area contributed by atoms with Gasteiger partial charge >= 0.3 is 5.97 Å². The molecule has 1 aliphatic rings. The van der Waals surface area contributed by atoms with E-state index in [4.69, 9.17) is 10.5 Å². The molecule has 0 aromatic carbocycles. The lowest BCUT2D eigenvalue weighted by molar-refractivity contribution is 0.0594. The lowest BCUT2D eigenvalue weighted by Crippen LogP contribution is -2.46. The quantitative estimate of drug-likeness (QED) is 0.824. The Morgan fingerprint density at radius 2 is 2.42 bits per heavy atom. The molecule has 1 aromatic heterocycles. The molecule has 0 bridgehead atoms. The van der Waals surface area contributed by atoms with Crippen LogP contribution in [0.2, 0.25) is 0 Å². The molecule has 6 heteroatoms. The maximum atomic E-state index is 11.5. The Kier molecular flexibility index (Phi) is 4.21. The lowest BCUT2D eigenvalue weighted by Gasteiger charge is -2.36. The number of methoxy groups -OCH3 is 1. The molecule has 2 rings (SSSR count). The smallest absolute Gasteiger partial charge is 0.356 e. The monoisotopic (exact) mass is 265 g/mol. The Labute approximate surface area is 112 Å². The van der Waals surface area contributed by atoms with Gasteiger partial charge in [0.25, 0.3) is 0 Å². The zero-order valence-corrected chi connectivity index (χ0v) is 11.3. The topological polar surface area (TPSA) is 77.7 Å². The molecule has 1 fully saturated rings. The van der Waals surface area contributed by atoms with Crippen LogP contribution in [0.15, 0.2) is 12.1 Å². The van der Waals surface area contributed by atoms with E-state index < -0.39 is 5.97 Å². The number of pyridine rings is 1. The van der Waals surface area contributed by atoms with Crippen molar-refractivity contribution in [2.24, 2.45) is 0 Å². The van der Waals surface area contributed by atoms with Gasteiger partial charge in [0.2, 0.25) is 0 Å². The minimum absolute atomic E-state index is 0.233. The van der Waals surface area contributed by atoms with E-state index in [9.17, 15) is 4.79 Å². The summed E-state index contributed by atoms with van der Waals surface area (Å²) < 4.78 is 10.1. The normalized spacial score (nSPS) is 19.3. The summed E-state index contributed by atoms with van der Waals surface area (Å²) in [5.41, 5.74) is 6.82. The molecule has 1 aromatic rings. The van der Waals surface area contributed by atoms with Crippen molar-refractivity contribution in [2.45, 2.75) is 19.4 Å². The number of carbonyl (C=O) groups excluding carboxylic acids is 1. The summed E-state index contributed by atoms with van der Waals surface area (Å²) in [5, 5.41) is 0. The lowest BCUT2D eigenvalue weighted by atomic mass is 10.1. The SMILES string of the molecule is CCC1COCCN1c1nc(C(=O)OC)ccc1N. The third kappa shape index (κ3) is 2.78. The fourth-order valence-electron chi connectivity index (χ4n) is 2.18. The van der Waals surface area contributed by atoms with Crippen LogP contribution in [0.25, 0.3) is 0 Å². The fraction of sp³-hybridized carbons (Fsp3) is 0.538. The first-order chi connectivity index (χ1) is 9.17. The van der Waals surface area contributed by atoms with Crippen LogP contribution in [0, 0.1) is 0 Å². The van der Waals surface area contributed by atoms with Crippen LogP contribution in [0.5, 0.6) is 0 Å². The third-order valence-corrected chi connectivity index (χ3v) is 3.27. The highest BCUT2D eigenvalue weighted by Gasteiger charge is 2.25. The van der Waals surface area contributed by atoms with Crippen LogP contribution in [-0.4, -0.2) is 43.9 Å². The van der Waals surface area contributed by atoms with Crippen LogP contribution in [0.3, 0.4) is 0 Å². The molecule has 19 heavy (non-hydrogen) atoms. The second kappa shape index (κ2) is 5.88. The summed E-state index contributed by atoms with van der Waals surface area (Å²) in [7, 11) is 1.34. The van der Waals surface area contributed by atoms with Gasteiger partial charge in [-0.15, -0.1) is 0 Å². The van der Waals surface area contributed by atoms with Gasteiger partial charge in [-0.05, 0) is 18.6 Å². The van der Waals surface area contributed by atoms with Crippen molar-refractivity contribution >= 4 is 17.5 Å². The first kappa shape index (κ1) is 13.6. The molecule has 1 atom stereocenters. The highest BCUT2D eigenvalue weighted by molar-refractivity contribution is 5.88. The van der Waals surface area contributed by atoms with E-state index in [0.717, 1.165) is 13.0 Å². The van der Waals surface area contributed by atoms with E-state index in [0.29, 0.717) is 24.7 Å². The molecule has 6 nitrogen and oxygen atoms in total. The number of hydrogen-bond donors (Lipinski definition) is 1. The standard InChI is InChI=1S/C13H19N3O3/c1-3-9-8-19-7-6-16(9)12-10(14)4-5-11(15-12)13(17)18-2/h4-5,9H,3,6-8,14H2,1-2H3. The maximum Gasteiger partial charge on any atom is 0.356 e. The highest BCUT2D eigenvalue weighted by atomic mass is 16.5. The number of carbonyl (C=O) groups is 1.